The van der Waals surface area contributed by atoms with Crippen LogP contribution >= 0.6 is 0 Å². The molecule has 2 amide bonds. The van der Waals surface area contributed by atoms with E-state index in [0.29, 0.717) is 70.9 Å². The number of unbranched alkanes of at least 4 members (excludes halogenated alkanes) is 2. The molecule has 0 radical (unpaired) electrons. The largest absolute Gasteiger partial charge is 0.493 e. The molecule has 50 heavy (non-hydrogen) atoms. The van der Waals surface area contributed by atoms with Crippen molar-refractivity contribution < 1.29 is 37.3 Å². The van der Waals surface area contributed by atoms with Crippen molar-refractivity contribution in [2.45, 2.75) is 50.1 Å². The fraction of sp³-hybridized carbons (Fsp3) is 0.405. The molecule has 0 bridgehead atoms. The summed E-state index contributed by atoms with van der Waals surface area (Å²) in [5.74, 6) is -1.53. The number of alkyl halides is 2. The number of hydrogen-bond acceptors (Lipinski definition) is 9. The molecule has 13 heteroatoms. The van der Waals surface area contributed by atoms with Crippen LogP contribution < -0.4 is 35.3 Å². The summed E-state index contributed by atoms with van der Waals surface area (Å²) in [6.07, 6.45) is 4.62. The molecule has 4 aliphatic rings. The smallest absolute Gasteiger partial charge is 0.267 e. The number of nitrogens with one attached hydrogen (secondary N) is 2. The minimum atomic E-state index is -2.89. The first-order chi connectivity index (χ1) is 24.1. The number of methoxy groups -OCH3 is 2. The number of rotatable bonds is 11. The van der Waals surface area contributed by atoms with E-state index in [4.69, 9.17) is 24.7 Å². The highest BCUT2D eigenvalue weighted by Gasteiger charge is 2.48. The maximum Gasteiger partial charge on any atom is 0.267 e. The fourth-order valence-electron chi connectivity index (χ4n) is 7.09. The second kappa shape index (κ2) is 13.6. The molecule has 0 spiro atoms. The average molecular weight is 690 g/mol. The Kier molecular flexibility index (Phi) is 9.06. The monoisotopic (exact) mass is 689 g/mol. The molecule has 7 rings (SSSR count). The highest BCUT2D eigenvalue weighted by atomic mass is 19.3. The number of benzene rings is 3. The minimum absolute atomic E-state index is 0.0156. The van der Waals surface area contributed by atoms with Crippen molar-refractivity contribution in [2.75, 3.05) is 63.4 Å². The third kappa shape index (κ3) is 6.56. The first-order valence-electron chi connectivity index (χ1n) is 16.9. The normalized spacial score (nSPS) is 20.3. The first kappa shape index (κ1) is 33.3. The van der Waals surface area contributed by atoms with E-state index >= 15 is 0 Å². The molecule has 3 aromatic carbocycles. The molecule has 0 aliphatic carbocycles. The number of halogens is 2. The van der Waals surface area contributed by atoms with Gasteiger partial charge >= 0.3 is 0 Å². The van der Waals surface area contributed by atoms with E-state index in [-0.39, 0.29) is 24.9 Å². The van der Waals surface area contributed by atoms with Crippen molar-refractivity contribution in [3.05, 3.63) is 71.4 Å². The van der Waals surface area contributed by atoms with Crippen molar-refractivity contribution in [3.63, 3.8) is 0 Å². The zero-order valence-corrected chi connectivity index (χ0v) is 28.1. The number of nitrogens with zero attached hydrogens (tertiary/aromatic N) is 2. The lowest BCUT2D eigenvalue weighted by Gasteiger charge is -2.20. The van der Waals surface area contributed by atoms with Gasteiger partial charge in [0.05, 0.1) is 68.6 Å². The Bertz CT molecular complexity index is 1820. The van der Waals surface area contributed by atoms with Gasteiger partial charge in [0.1, 0.15) is 0 Å². The zero-order valence-electron chi connectivity index (χ0n) is 28.1. The summed E-state index contributed by atoms with van der Waals surface area (Å²) >= 11 is 0. The van der Waals surface area contributed by atoms with Crippen LogP contribution in [0.25, 0.3) is 5.57 Å². The maximum absolute atomic E-state index is 14.0. The standard InChI is InChI=1S/C37H41F2N5O6/c1-47-31-13-27-29(41-18-25-12-23(20-43(25)35(27)45)22-6-8-24(40)9-7-22)15-33(31)49-10-4-3-5-11-50-34-16-30-28(14-32(34)48-2)36(46)44-21-37(38,39)17-26(44)19-42-30/h6-9,13-16,20,25-26,41-42H,3-5,10-12,17-19,21,40H2,1-2H3/t25-,26-/m0/s1. The van der Waals surface area contributed by atoms with Crippen molar-refractivity contribution >= 4 is 34.4 Å². The molecule has 0 aromatic heterocycles. The van der Waals surface area contributed by atoms with E-state index in [1.54, 1.807) is 30.2 Å². The molecular formula is C37H41F2N5O6. The molecule has 4 N–H and O–H groups in total. The van der Waals surface area contributed by atoms with Gasteiger partial charge in [0.25, 0.3) is 17.7 Å². The Morgan fingerprint density at radius 1 is 0.800 bits per heavy atom. The third-order valence-electron chi connectivity index (χ3n) is 9.73. The minimum Gasteiger partial charge on any atom is -0.493 e. The Balaban J connectivity index is 0.920. The number of nitrogen functional groups attached to an aromatic ring is 1. The first-order valence-corrected chi connectivity index (χ1v) is 16.9. The van der Waals surface area contributed by atoms with Gasteiger partial charge in [0.15, 0.2) is 23.0 Å². The van der Waals surface area contributed by atoms with Crippen LogP contribution in [0.4, 0.5) is 25.8 Å². The quantitative estimate of drug-likeness (QED) is 0.167. The number of hydrogen-bond donors (Lipinski definition) is 3. The van der Waals surface area contributed by atoms with Gasteiger partial charge in [-0.15, -0.1) is 0 Å². The summed E-state index contributed by atoms with van der Waals surface area (Å²) in [5, 5.41) is 6.60. The van der Waals surface area contributed by atoms with Crippen LogP contribution in [0, 0.1) is 0 Å². The second-order valence-electron chi connectivity index (χ2n) is 13.1. The Labute approximate surface area is 289 Å². The van der Waals surface area contributed by atoms with Crippen LogP contribution in [-0.2, 0) is 0 Å². The van der Waals surface area contributed by atoms with E-state index in [0.717, 1.165) is 36.8 Å². The van der Waals surface area contributed by atoms with Gasteiger partial charge in [0, 0.05) is 43.5 Å². The molecule has 4 heterocycles. The van der Waals surface area contributed by atoms with Gasteiger partial charge in [-0.3, -0.25) is 9.59 Å². The van der Waals surface area contributed by atoms with Crippen LogP contribution in [0.1, 0.15) is 58.4 Å². The number of amides is 2. The Hall–Kier alpha value is -5.20. The van der Waals surface area contributed by atoms with Crippen LogP contribution in [-0.4, -0.2) is 86.7 Å². The van der Waals surface area contributed by atoms with E-state index in [2.05, 4.69) is 10.6 Å². The molecule has 264 valence electrons. The molecule has 0 unspecified atom stereocenters. The number of carbonyl (C=O) groups excluding carboxylic acids is 2. The lowest BCUT2D eigenvalue weighted by molar-refractivity contribution is 0.0118. The number of fused-ring (bicyclic) bond motifs is 4. The van der Waals surface area contributed by atoms with Gasteiger partial charge in [-0.2, -0.15) is 0 Å². The maximum atomic E-state index is 14.0. The summed E-state index contributed by atoms with van der Waals surface area (Å²) in [4.78, 5) is 29.8. The summed E-state index contributed by atoms with van der Waals surface area (Å²) in [6, 6.07) is 13.9. The number of ether oxygens (including phenoxy) is 4. The predicted molar refractivity (Wildman–Crippen MR) is 186 cm³/mol. The summed E-state index contributed by atoms with van der Waals surface area (Å²) < 4.78 is 51.2. The van der Waals surface area contributed by atoms with Crippen molar-refractivity contribution in [1.29, 1.82) is 0 Å². The molecule has 3 aromatic rings. The topological polar surface area (TPSA) is 128 Å². The summed E-state index contributed by atoms with van der Waals surface area (Å²) in [7, 11) is 3.04. The highest BCUT2D eigenvalue weighted by molar-refractivity contribution is 6.03. The molecular weight excluding hydrogens is 648 g/mol. The number of nitrogens with two attached hydrogens (primary N) is 1. The van der Waals surface area contributed by atoms with E-state index < -0.39 is 24.4 Å². The van der Waals surface area contributed by atoms with Gasteiger partial charge in [-0.05, 0) is 61.1 Å². The van der Waals surface area contributed by atoms with Crippen LogP contribution in [0.5, 0.6) is 23.0 Å². The molecule has 0 saturated carbocycles. The highest BCUT2D eigenvalue weighted by Crippen LogP contribution is 2.41. The van der Waals surface area contributed by atoms with E-state index in [1.165, 1.54) is 12.0 Å². The lowest BCUT2D eigenvalue weighted by Crippen LogP contribution is -2.37. The van der Waals surface area contributed by atoms with E-state index in [1.807, 2.05) is 36.5 Å². The molecule has 1 saturated heterocycles. The van der Waals surface area contributed by atoms with Crippen molar-refractivity contribution in [2.24, 2.45) is 0 Å². The predicted octanol–water partition coefficient (Wildman–Crippen LogP) is 5.87. The van der Waals surface area contributed by atoms with Gasteiger partial charge in [-0.25, -0.2) is 8.78 Å². The molecule has 1 fully saturated rings. The van der Waals surface area contributed by atoms with Crippen LogP contribution in [0.3, 0.4) is 0 Å². The Morgan fingerprint density at radius 3 is 1.98 bits per heavy atom. The van der Waals surface area contributed by atoms with Gasteiger partial charge in [0.2, 0.25) is 0 Å². The van der Waals surface area contributed by atoms with Crippen LogP contribution in [0.2, 0.25) is 0 Å². The van der Waals surface area contributed by atoms with Gasteiger partial charge < -0.3 is 45.1 Å². The Morgan fingerprint density at radius 2 is 1.38 bits per heavy atom. The van der Waals surface area contributed by atoms with E-state index in [9.17, 15) is 18.4 Å². The van der Waals surface area contributed by atoms with Crippen molar-refractivity contribution in [3.8, 4) is 23.0 Å². The molecule has 2 atom stereocenters. The number of carbonyl (C=O) groups is 2. The molecule has 11 nitrogen and oxygen atoms in total. The molecule has 4 aliphatic heterocycles. The number of anilines is 3. The van der Waals surface area contributed by atoms with Crippen LogP contribution in [0.15, 0.2) is 54.7 Å². The van der Waals surface area contributed by atoms with Crippen molar-refractivity contribution in [1.82, 2.24) is 9.80 Å². The lowest BCUT2D eigenvalue weighted by atomic mass is 10.0. The summed E-state index contributed by atoms with van der Waals surface area (Å²) in [6.45, 7) is 1.10. The zero-order chi connectivity index (χ0) is 35.0. The van der Waals surface area contributed by atoms with Gasteiger partial charge in [-0.1, -0.05) is 12.1 Å². The summed E-state index contributed by atoms with van der Waals surface area (Å²) in [5.41, 5.74) is 10.8. The SMILES string of the molecule is COc1cc2c(cc1OCCCCCOc1cc3c(cc1OC)C(=O)N1CC(F)(F)C[C@H]1CN3)NC[C@@H]1CC(c3ccc(N)cc3)=CN1C2=O. The third-order valence-corrected chi connectivity index (χ3v) is 9.73. The fourth-order valence-corrected chi connectivity index (χ4v) is 7.09. The average Bonchev–Trinajstić information content (AvgIpc) is 3.62. The second-order valence-corrected chi connectivity index (χ2v) is 13.1.